The van der Waals surface area contributed by atoms with Gasteiger partial charge in [-0.2, -0.15) is 0 Å². The molecule has 3 nitrogen and oxygen atoms in total. The van der Waals surface area contributed by atoms with Crippen LogP contribution in [0.2, 0.25) is 5.02 Å². The molecule has 0 saturated heterocycles. The van der Waals surface area contributed by atoms with Crippen LogP contribution in [0.3, 0.4) is 0 Å². The molecule has 1 heterocycles. The van der Waals surface area contributed by atoms with Crippen molar-refractivity contribution in [3.8, 4) is 0 Å². The van der Waals surface area contributed by atoms with Crippen molar-refractivity contribution in [3.63, 3.8) is 0 Å². The van der Waals surface area contributed by atoms with E-state index in [1.165, 1.54) is 0 Å². The van der Waals surface area contributed by atoms with Crippen LogP contribution in [0.5, 0.6) is 0 Å². The van der Waals surface area contributed by atoms with Crippen molar-refractivity contribution in [1.29, 1.82) is 0 Å². The molecule has 0 fully saturated rings. The van der Waals surface area contributed by atoms with E-state index >= 15 is 0 Å². The zero-order chi connectivity index (χ0) is 11.5. The molecule has 1 N–H and O–H groups in total. The molecule has 1 aromatic heterocycles. The highest BCUT2D eigenvalue weighted by Gasteiger charge is 2.03. The largest absolute Gasteiger partial charge is 0.323 e. The van der Waals surface area contributed by atoms with Crippen molar-refractivity contribution in [2.24, 2.45) is 0 Å². The molecule has 0 aliphatic heterocycles. The van der Waals surface area contributed by atoms with Crippen LogP contribution in [0, 0.1) is 3.57 Å². The van der Waals surface area contributed by atoms with Gasteiger partial charge in [0.15, 0.2) is 0 Å². The predicted octanol–water partition coefficient (Wildman–Crippen LogP) is 4.24. The van der Waals surface area contributed by atoms with Gasteiger partial charge in [0, 0.05) is 20.4 Å². The Balaban J connectivity index is 2.26. The Morgan fingerprint density at radius 1 is 1.25 bits per heavy atom. The predicted molar refractivity (Wildman–Crippen MR) is 77.2 cm³/mol. The molecule has 0 aliphatic rings. The van der Waals surface area contributed by atoms with Crippen LogP contribution in [-0.2, 0) is 0 Å². The van der Waals surface area contributed by atoms with E-state index in [0.717, 1.165) is 13.7 Å². The summed E-state index contributed by atoms with van der Waals surface area (Å²) in [6.07, 6.45) is 3.48. The Labute approximate surface area is 120 Å². The molecule has 0 spiro atoms. The summed E-state index contributed by atoms with van der Waals surface area (Å²) in [6, 6.07) is 5.56. The zero-order valence-electron chi connectivity index (χ0n) is 7.92. The molecule has 0 bridgehead atoms. The van der Waals surface area contributed by atoms with Gasteiger partial charge in [-0.3, -0.25) is 0 Å². The number of halogens is 3. The molecule has 0 amide bonds. The van der Waals surface area contributed by atoms with Crippen LogP contribution in [0.1, 0.15) is 0 Å². The molecule has 0 unspecified atom stereocenters. The second-order valence-corrected chi connectivity index (χ2v) is 5.54. The molecule has 82 valence electrons. The number of aromatic nitrogens is 2. The topological polar surface area (TPSA) is 37.8 Å². The van der Waals surface area contributed by atoms with E-state index in [1.54, 1.807) is 18.5 Å². The third-order valence-electron chi connectivity index (χ3n) is 1.80. The van der Waals surface area contributed by atoms with E-state index in [4.69, 9.17) is 11.6 Å². The van der Waals surface area contributed by atoms with Crippen LogP contribution in [0.4, 0.5) is 11.6 Å². The molecule has 0 atom stereocenters. The Bertz CT molecular complexity index is 504. The van der Waals surface area contributed by atoms with Gasteiger partial charge in [0.2, 0.25) is 5.95 Å². The van der Waals surface area contributed by atoms with Gasteiger partial charge in [0.05, 0.1) is 10.7 Å². The Morgan fingerprint density at radius 2 is 1.94 bits per heavy atom. The lowest BCUT2D eigenvalue weighted by atomic mass is 10.3. The summed E-state index contributed by atoms with van der Waals surface area (Å²) in [5.74, 6) is 0.528. The Kier molecular flexibility index (Phi) is 3.99. The van der Waals surface area contributed by atoms with Gasteiger partial charge in [-0.05, 0) is 40.8 Å². The van der Waals surface area contributed by atoms with E-state index in [0.29, 0.717) is 11.0 Å². The summed E-state index contributed by atoms with van der Waals surface area (Å²) in [5, 5.41) is 3.68. The molecule has 2 aromatic rings. The first kappa shape index (κ1) is 12.1. The number of nitrogens with zero attached hydrogens (tertiary/aromatic N) is 2. The highest BCUT2D eigenvalue weighted by Crippen LogP contribution is 2.27. The number of anilines is 2. The third kappa shape index (κ3) is 3.05. The average Bonchev–Trinajstić information content (AvgIpc) is 2.27. The molecular formula is C10H6BrClIN3. The lowest BCUT2D eigenvalue weighted by molar-refractivity contribution is 1.15. The second kappa shape index (κ2) is 5.29. The lowest BCUT2D eigenvalue weighted by Crippen LogP contribution is -1.97. The molecule has 0 radical (unpaired) electrons. The summed E-state index contributed by atoms with van der Waals surface area (Å²) >= 11 is 11.6. The van der Waals surface area contributed by atoms with Crippen molar-refractivity contribution < 1.29 is 0 Å². The van der Waals surface area contributed by atoms with Crippen LogP contribution in [-0.4, -0.2) is 9.97 Å². The molecule has 0 saturated carbocycles. The van der Waals surface area contributed by atoms with Crippen LogP contribution >= 0.6 is 50.1 Å². The van der Waals surface area contributed by atoms with Crippen molar-refractivity contribution >= 4 is 61.8 Å². The Hall–Kier alpha value is -0.400. The van der Waals surface area contributed by atoms with Crippen molar-refractivity contribution in [3.05, 3.63) is 43.7 Å². The first-order chi connectivity index (χ1) is 7.65. The molecule has 16 heavy (non-hydrogen) atoms. The molecular weight excluding hydrogens is 404 g/mol. The normalized spacial score (nSPS) is 10.2. The van der Waals surface area contributed by atoms with E-state index in [9.17, 15) is 0 Å². The zero-order valence-corrected chi connectivity index (χ0v) is 12.4. The van der Waals surface area contributed by atoms with Gasteiger partial charge in [0.25, 0.3) is 0 Å². The number of rotatable bonds is 2. The van der Waals surface area contributed by atoms with E-state index in [2.05, 4.69) is 53.8 Å². The lowest BCUT2D eigenvalue weighted by Gasteiger charge is -2.06. The average molecular weight is 410 g/mol. The minimum atomic E-state index is 0.528. The SMILES string of the molecule is Clc1ccc(Br)cc1Nc1ncc(I)cn1. The first-order valence-corrected chi connectivity index (χ1v) is 6.60. The maximum atomic E-state index is 6.04. The number of hydrogen-bond donors (Lipinski definition) is 1. The van der Waals surface area contributed by atoms with Gasteiger partial charge < -0.3 is 5.32 Å². The summed E-state index contributed by atoms with van der Waals surface area (Å²) in [6.45, 7) is 0. The smallest absolute Gasteiger partial charge is 0.227 e. The second-order valence-electron chi connectivity index (χ2n) is 2.97. The monoisotopic (exact) mass is 409 g/mol. The van der Waals surface area contributed by atoms with Gasteiger partial charge in [0.1, 0.15) is 0 Å². The van der Waals surface area contributed by atoms with Crippen LogP contribution in [0.25, 0.3) is 0 Å². The number of nitrogens with one attached hydrogen (secondary N) is 1. The standard InChI is InChI=1S/C10H6BrClIN3/c11-6-1-2-8(12)9(3-6)16-10-14-4-7(13)5-15-10/h1-5H,(H,14,15,16). The maximum absolute atomic E-state index is 6.04. The van der Waals surface area contributed by atoms with E-state index in [-0.39, 0.29) is 0 Å². The molecule has 1 aromatic carbocycles. The number of hydrogen-bond acceptors (Lipinski definition) is 3. The fourth-order valence-corrected chi connectivity index (χ4v) is 1.89. The fourth-order valence-electron chi connectivity index (χ4n) is 1.09. The third-order valence-corrected chi connectivity index (χ3v) is 3.18. The van der Waals surface area contributed by atoms with Gasteiger partial charge >= 0.3 is 0 Å². The summed E-state index contributed by atoms with van der Waals surface area (Å²) in [7, 11) is 0. The highest BCUT2D eigenvalue weighted by atomic mass is 127. The summed E-state index contributed by atoms with van der Waals surface area (Å²) in [4.78, 5) is 8.28. The summed E-state index contributed by atoms with van der Waals surface area (Å²) < 4.78 is 1.94. The van der Waals surface area contributed by atoms with Gasteiger partial charge in [-0.1, -0.05) is 27.5 Å². The number of benzene rings is 1. The Morgan fingerprint density at radius 3 is 2.62 bits per heavy atom. The fraction of sp³-hybridized carbons (Fsp3) is 0. The van der Waals surface area contributed by atoms with Gasteiger partial charge in [-0.25, -0.2) is 9.97 Å². The molecule has 2 rings (SSSR count). The minimum absolute atomic E-state index is 0.528. The van der Waals surface area contributed by atoms with E-state index < -0.39 is 0 Å². The van der Waals surface area contributed by atoms with Crippen molar-refractivity contribution in [2.75, 3.05) is 5.32 Å². The highest BCUT2D eigenvalue weighted by molar-refractivity contribution is 14.1. The van der Waals surface area contributed by atoms with E-state index in [1.807, 2.05) is 12.1 Å². The van der Waals surface area contributed by atoms with Gasteiger partial charge in [-0.15, -0.1) is 0 Å². The van der Waals surface area contributed by atoms with Crippen LogP contribution in [0.15, 0.2) is 35.1 Å². The molecule has 6 heteroatoms. The van der Waals surface area contributed by atoms with Crippen molar-refractivity contribution in [2.45, 2.75) is 0 Å². The first-order valence-electron chi connectivity index (χ1n) is 4.35. The minimum Gasteiger partial charge on any atom is -0.323 e. The molecule has 0 aliphatic carbocycles. The maximum Gasteiger partial charge on any atom is 0.227 e. The van der Waals surface area contributed by atoms with Crippen molar-refractivity contribution in [1.82, 2.24) is 9.97 Å². The summed E-state index contributed by atoms with van der Waals surface area (Å²) in [5.41, 5.74) is 0.775. The quantitative estimate of drug-likeness (QED) is 0.753. The van der Waals surface area contributed by atoms with Crippen LogP contribution < -0.4 is 5.32 Å².